The maximum Gasteiger partial charge on any atom is 0.306 e. The average molecular weight is 414 g/mol. The molecule has 0 fully saturated rings. The van der Waals surface area contributed by atoms with Crippen LogP contribution in [-0.4, -0.2) is 30.8 Å². The lowest BCUT2D eigenvalue weighted by atomic mass is 10.0. The van der Waals surface area contributed by atoms with Gasteiger partial charge in [-0.3, -0.25) is 14.4 Å². The van der Waals surface area contributed by atoms with Gasteiger partial charge < -0.3 is 10.1 Å². The predicted molar refractivity (Wildman–Crippen MR) is 111 cm³/mol. The number of nitrogens with one attached hydrogen (secondary N) is 1. The van der Waals surface area contributed by atoms with Crippen molar-refractivity contribution in [1.82, 2.24) is 5.32 Å². The number of rotatable bonds is 9. The lowest BCUT2D eigenvalue weighted by Crippen LogP contribution is -2.30. The van der Waals surface area contributed by atoms with E-state index in [1.165, 1.54) is 11.1 Å². The SMILES string of the molecule is O=C(COC(=O)CCC(=O)c1ccc2c(c1)CCC2)NCCc1cccc(Cl)c1. The minimum absolute atomic E-state index is 0.0360. The van der Waals surface area contributed by atoms with Crippen molar-refractivity contribution >= 4 is 29.3 Å². The predicted octanol–water partition coefficient (Wildman–Crippen LogP) is 3.69. The molecule has 29 heavy (non-hydrogen) atoms. The fraction of sp³-hybridized carbons (Fsp3) is 0.348. The van der Waals surface area contributed by atoms with Crippen LogP contribution in [0.4, 0.5) is 0 Å². The molecule has 5 nitrogen and oxygen atoms in total. The van der Waals surface area contributed by atoms with Crippen LogP contribution in [0.25, 0.3) is 0 Å². The second-order valence-corrected chi connectivity index (χ2v) is 7.59. The third-order valence-electron chi connectivity index (χ3n) is 4.97. The lowest BCUT2D eigenvalue weighted by molar-refractivity contribution is -0.148. The lowest BCUT2D eigenvalue weighted by Gasteiger charge is -2.07. The molecule has 0 aromatic heterocycles. The summed E-state index contributed by atoms with van der Waals surface area (Å²) in [6.07, 6.45) is 3.87. The molecule has 0 radical (unpaired) electrons. The van der Waals surface area contributed by atoms with E-state index >= 15 is 0 Å². The maximum absolute atomic E-state index is 12.3. The molecule has 1 aliphatic rings. The van der Waals surface area contributed by atoms with E-state index in [-0.39, 0.29) is 31.1 Å². The van der Waals surface area contributed by atoms with Crippen LogP contribution in [0, 0.1) is 0 Å². The highest BCUT2D eigenvalue weighted by molar-refractivity contribution is 6.30. The molecule has 6 heteroatoms. The summed E-state index contributed by atoms with van der Waals surface area (Å²) in [7, 11) is 0. The summed E-state index contributed by atoms with van der Waals surface area (Å²) in [6, 6.07) is 13.2. The molecule has 0 saturated heterocycles. The molecule has 2 aromatic carbocycles. The Hall–Kier alpha value is -2.66. The maximum atomic E-state index is 12.3. The summed E-state index contributed by atoms with van der Waals surface area (Å²) in [4.78, 5) is 35.9. The normalized spacial score (nSPS) is 12.3. The number of carbonyl (C=O) groups is 3. The Labute approximate surface area is 175 Å². The fourth-order valence-corrected chi connectivity index (χ4v) is 3.63. The molecule has 0 atom stereocenters. The third-order valence-corrected chi connectivity index (χ3v) is 5.20. The van der Waals surface area contributed by atoms with Crippen molar-refractivity contribution < 1.29 is 19.1 Å². The number of ketones is 1. The molecule has 3 rings (SSSR count). The highest BCUT2D eigenvalue weighted by Crippen LogP contribution is 2.23. The van der Waals surface area contributed by atoms with Gasteiger partial charge in [-0.25, -0.2) is 0 Å². The van der Waals surface area contributed by atoms with Crippen LogP contribution in [-0.2, 0) is 33.6 Å². The number of esters is 1. The molecule has 0 saturated carbocycles. The number of hydrogen-bond acceptors (Lipinski definition) is 4. The van der Waals surface area contributed by atoms with Gasteiger partial charge in [0, 0.05) is 23.6 Å². The Kier molecular flexibility index (Phi) is 7.42. The monoisotopic (exact) mass is 413 g/mol. The van der Waals surface area contributed by atoms with Gasteiger partial charge in [-0.15, -0.1) is 0 Å². The van der Waals surface area contributed by atoms with Crippen molar-refractivity contribution in [1.29, 1.82) is 0 Å². The average Bonchev–Trinajstić information content (AvgIpc) is 3.18. The number of fused-ring (bicyclic) bond motifs is 1. The molecule has 1 aliphatic carbocycles. The summed E-state index contributed by atoms with van der Waals surface area (Å²) < 4.78 is 4.96. The summed E-state index contributed by atoms with van der Waals surface area (Å²) >= 11 is 5.92. The highest BCUT2D eigenvalue weighted by Gasteiger charge is 2.15. The topological polar surface area (TPSA) is 72.5 Å². The minimum Gasteiger partial charge on any atom is -0.456 e. The number of halogens is 1. The molecule has 0 unspecified atom stereocenters. The van der Waals surface area contributed by atoms with Crippen molar-refractivity contribution in [3.8, 4) is 0 Å². The Balaban J connectivity index is 1.33. The summed E-state index contributed by atoms with van der Waals surface area (Å²) in [5, 5.41) is 3.34. The molecule has 0 aliphatic heterocycles. The number of Topliss-reactive ketones (excluding diaryl/α,β-unsaturated/α-hetero) is 1. The van der Waals surface area contributed by atoms with E-state index in [4.69, 9.17) is 16.3 Å². The number of aryl methyl sites for hydroxylation is 2. The van der Waals surface area contributed by atoms with E-state index in [1.54, 1.807) is 6.07 Å². The van der Waals surface area contributed by atoms with E-state index < -0.39 is 5.97 Å². The van der Waals surface area contributed by atoms with Crippen molar-refractivity contribution in [3.63, 3.8) is 0 Å². The molecule has 0 spiro atoms. The van der Waals surface area contributed by atoms with Crippen molar-refractivity contribution in [3.05, 3.63) is 69.7 Å². The second kappa shape index (κ2) is 10.2. The molecule has 1 N–H and O–H groups in total. The van der Waals surface area contributed by atoms with Crippen LogP contribution in [0.3, 0.4) is 0 Å². The molecule has 0 heterocycles. The zero-order valence-corrected chi connectivity index (χ0v) is 17.0. The smallest absolute Gasteiger partial charge is 0.306 e. The standard InChI is InChI=1S/C23H24ClNO4/c24-20-6-1-3-16(13-20)11-12-25-22(27)15-29-23(28)10-9-21(26)19-8-7-17-4-2-5-18(17)14-19/h1,3,6-8,13-14H,2,4-5,9-12,15H2,(H,25,27). The molecular formula is C23H24ClNO4. The first-order valence-corrected chi connectivity index (χ1v) is 10.2. The van der Waals surface area contributed by atoms with Crippen molar-refractivity contribution in [2.75, 3.05) is 13.2 Å². The molecular weight excluding hydrogens is 390 g/mol. The van der Waals surface area contributed by atoms with E-state index in [0.717, 1.165) is 24.8 Å². The molecule has 152 valence electrons. The third kappa shape index (κ3) is 6.43. The number of ether oxygens (including phenoxy) is 1. The highest BCUT2D eigenvalue weighted by atomic mass is 35.5. The van der Waals surface area contributed by atoms with E-state index in [2.05, 4.69) is 5.32 Å². The number of hydrogen-bond donors (Lipinski definition) is 1. The molecule has 0 bridgehead atoms. The van der Waals surface area contributed by atoms with Gasteiger partial charge in [-0.2, -0.15) is 0 Å². The van der Waals surface area contributed by atoms with Crippen LogP contribution < -0.4 is 5.32 Å². The Bertz CT molecular complexity index is 910. The number of benzene rings is 2. The first kappa shape index (κ1) is 21.1. The van der Waals surface area contributed by atoms with Crippen LogP contribution in [0.15, 0.2) is 42.5 Å². The van der Waals surface area contributed by atoms with Gasteiger partial charge in [-0.05, 0) is 60.6 Å². The van der Waals surface area contributed by atoms with Gasteiger partial charge in [0.25, 0.3) is 5.91 Å². The largest absolute Gasteiger partial charge is 0.456 e. The van der Waals surface area contributed by atoms with E-state index in [0.29, 0.717) is 23.6 Å². The fourth-order valence-electron chi connectivity index (χ4n) is 3.41. The van der Waals surface area contributed by atoms with Gasteiger partial charge in [0.05, 0.1) is 6.42 Å². The van der Waals surface area contributed by atoms with Crippen LogP contribution in [0.1, 0.15) is 46.3 Å². The van der Waals surface area contributed by atoms with Gasteiger partial charge in [-0.1, -0.05) is 35.9 Å². The molecule has 1 amide bonds. The first-order valence-electron chi connectivity index (χ1n) is 9.83. The number of amides is 1. The van der Waals surface area contributed by atoms with Crippen molar-refractivity contribution in [2.24, 2.45) is 0 Å². The Morgan fingerprint density at radius 2 is 1.83 bits per heavy atom. The molecule has 2 aromatic rings. The zero-order chi connectivity index (χ0) is 20.6. The quantitative estimate of drug-likeness (QED) is 0.502. The van der Waals surface area contributed by atoms with E-state index in [9.17, 15) is 14.4 Å². The summed E-state index contributed by atoms with van der Waals surface area (Å²) in [5.41, 5.74) is 4.19. The van der Waals surface area contributed by atoms with Gasteiger partial charge in [0.2, 0.25) is 0 Å². The van der Waals surface area contributed by atoms with Gasteiger partial charge in [0.15, 0.2) is 12.4 Å². The van der Waals surface area contributed by atoms with Crippen LogP contribution >= 0.6 is 11.6 Å². The minimum atomic E-state index is -0.551. The second-order valence-electron chi connectivity index (χ2n) is 7.15. The summed E-state index contributed by atoms with van der Waals surface area (Å²) in [6.45, 7) is 0.0783. The Morgan fingerprint density at radius 1 is 1.00 bits per heavy atom. The first-order chi connectivity index (χ1) is 14.0. The Morgan fingerprint density at radius 3 is 2.66 bits per heavy atom. The van der Waals surface area contributed by atoms with Crippen LogP contribution in [0.2, 0.25) is 5.02 Å². The van der Waals surface area contributed by atoms with Gasteiger partial charge in [0.1, 0.15) is 0 Å². The summed E-state index contributed by atoms with van der Waals surface area (Å²) in [5.74, 6) is -1.00. The zero-order valence-electron chi connectivity index (χ0n) is 16.2. The van der Waals surface area contributed by atoms with E-state index in [1.807, 2.05) is 36.4 Å². The van der Waals surface area contributed by atoms with Crippen molar-refractivity contribution in [2.45, 2.75) is 38.5 Å². The van der Waals surface area contributed by atoms with Gasteiger partial charge >= 0.3 is 5.97 Å². The van der Waals surface area contributed by atoms with Crippen LogP contribution in [0.5, 0.6) is 0 Å². The number of carbonyl (C=O) groups excluding carboxylic acids is 3.